The van der Waals surface area contributed by atoms with Crippen molar-refractivity contribution in [1.29, 1.82) is 0 Å². The summed E-state index contributed by atoms with van der Waals surface area (Å²) in [4.78, 5) is 20.8. The molecule has 2 N–H and O–H groups in total. The molecule has 0 aliphatic heterocycles. The lowest BCUT2D eigenvalue weighted by Gasteiger charge is -2.13. The summed E-state index contributed by atoms with van der Waals surface area (Å²) in [6, 6.07) is 5.58. The zero-order valence-electron chi connectivity index (χ0n) is 14.5. The van der Waals surface area contributed by atoms with Crippen LogP contribution in [0.3, 0.4) is 0 Å². The topological polar surface area (TPSA) is 118 Å². The standard InChI is InChI=1S/C16H18N6O3S/c1-9(2)7-24-13-5-4-11(6-12(13)22-8-18-20-21-22)15-19-10(3)14(26-15)16(23)25-17/h4-6,8-9H,7,17H2,1-3H3. The molecule has 2 aromatic heterocycles. The van der Waals surface area contributed by atoms with Crippen LogP contribution >= 0.6 is 11.3 Å². The molecule has 10 heteroatoms. The van der Waals surface area contributed by atoms with Crippen molar-refractivity contribution in [3.63, 3.8) is 0 Å². The maximum atomic E-state index is 11.7. The number of carbonyl (C=O) groups excluding carboxylic acids is 1. The molecular weight excluding hydrogens is 356 g/mol. The Morgan fingerprint density at radius 2 is 2.19 bits per heavy atom. The summed E-state index contributed by atoms with van der Waals surface area (Å²) in [6.07, 6.45) is 1.49. The Morgan fingerprint density at radius 1 is 1.38 bits per heavy atom. The Morgan fingerprint density at radius 3 is 2.85 bits per heavy atom. The molecule has 0 amide bonds. The maximum Gasteiger partial charge on any atom is 0.368 e. The summed E-state index contributed by atoms with van der Waals surface area (Å²) in [5, 5.41) is 12.0. The lowest BCUT2D eigenvalue weighted by Crippen LogP contribution is -2.09. The van der Waals surface area contributed by atoms with Gasteiger partial charge in [-0.2, -0.15) is 10.6 Å². The Balaban J connectivity index is 2.02. The monoisotopic (exact) mass is 374 g/mol. The molecule has 0 radical (unpaired) electrons. The average molecular weight is 374 g/mol. The van der Waals surface area contributed by atoms with Crippen molar-refractivity contribution < 1.29 is 14.4 Å². The normalized spacial score (nSPS) is 11.0. The highest BCUT2D eigenvalue weighted by molar-refractivity contribution is 7.17. The molecule has 0 bridgehead atoms. The summed E-state index contributed by atoms with van der Waals surface area (Å²) in [6.45, 7) is 6.44. The summed E-state index contributed by atoms with van der Waals surface area (Å²) < 4.78 is 7.40. The van der Waals surface area contributed by atoms with Gasteiger partial charge >= 0.3 is 5.97 Å². The fraction of sp³-hybridized carbons (Fsp3) is 0.312. The van der Waals surface area contributed by atoms with Gasteiger partial charge in [0, 0.05) is 5.56 Å². The molecule has 0 fully saturated rings. The minimum absolute atomic E-state index is 0.367. The molecule has 26 heavy (non-hydrogen) atoms. The van der Waals surface area contributed by atoms with Crippen LogP contribution in [-0.2, 0) is 4.84 Å². The van der Waals surface area contributed by atoms with Gasteiger partial charge in [-0.15, -0.1) is 16.4 Å². The highest BCUT2D eigenvalue weighted by Gasteiger charge is 2.18. The lowest BCUT2D eigenvalue weighted by atomic mass is 10.2. The van der Waals surface area contributed by atoms with Gasteiger partial charge < -0.3 is 9.57 Å². The summed E-state index contributed by atoms with van der Waals surface area (Å²) in [5.74, 6) is 5.40. The Labute approximate surface area is 153 Å². The molecule has 1 aromatic carbocycles. The first kappa shape index (κ1) is 18.0. The number of hydrogen-bond donors (Lipinski definition) is 1. The van der Waals surface area contributed by atoms with E-state index in [-0.39, 0.29) is 0 Å². The number of aromatic nitrogens is 5. The van der Waals surface area contributed by atoms with E-state index < -0.39 is 5.97 Å². The van der Waals surface area contributed by atoms with Crippen molar-refractivity contribution in [2.24, 2.45) is 11.8 Å². The van der Waals surface area contributed by atoms with Gasteiger partial charge in [-0.1, -0.05) is 13.8 Å². The van der Waals surface area contributed by atoms with Crippen LogP contribution in [-0.4, -0.2) is 37.8 Å². The number of carbonyl (C=O) groups is 1. The number of thiazole rings is 1. The van der Waals surface area contributed by atoms with E-state index in [2.05, 4.69) is 39.2 Å². The molecule has 0 saturated heterocycles. The van der Waals surface area contributed by atoms with Crippen LogP contribution in [0.5, 0.6) is 5.75 Å². The summed E-state index contributed by atoms with van der Waals surface area (Å²) in [7, 11) is 0. The lowest BCUT2D eigenvalue weighted by molar-refractivity contribution is 0.0508. The number of tetrazole rings is 1. The molecule has 2 heterocycles. The van der Waals surface area contributed by atoms with Crippen LogP contribution in [0.1, 0.15) is 29.2 Å². The van der Waals surface area contributed by atoms with Gasteiger partial charge in [-0.3, -0.25) is 0 Å². The van der Waals surface area contributed by atoms with Crippen LogP contribution in [0.15, 0.2) is 24.5 Å². The second kappa shape index (κ2) is 7.58. The molecule has 3 rings (SSSR count). The molecule has 0 aliphatic rings. The molecule has 0 spiro atoms. The number of benzene rings is 1. The third-order valence-corrected chi connectivity index (χ3v) is 4.65. The van der Waals surface area contributed by atoms with E-state index in [1.54, 1.807) is 6.92 Å². The molecule has 0 atom stereocenters. The van der Waals surface area contributed by atoms with Crippen molar-refractivity contribution >= 4 is 17.3 Å². The molecule has 0 unspecified atom stereocenters. The van der Waals surface area contributed by atoms with E-state index in [1.807, 2.05) is 18.2 Å². The van der Waals surface area contributed by atoms with Crippen molar-refractivity contribution in [3.05, 3.63) is 35.1 Å². The molecule has 136 valence electrons. The van der Waals surface area contributed by atoms with E-state index in [4.69, 9.17) is 10.6 Å². The Bertz CT molecular complexity index is 907. The van der Waals surface area contributed by atoms with Gasteiger partial charge in [0.2, 0.25) is 0 Å². The first-order chi connectivity index (χ1) is 12.5. The highest BCUT2D eigenvalue weighted by Crippen LogP contribution is 2.33. The molecule has 9 nitrogen and oxygen atoms in total. The molecular formula is C16H18N6O3S. The molecule has 0 aliphatic carbocycles. The largest absolute Gasteiger partial charge is 0.491 e. The van der Waals surface area contributed by atoms with E-state index in [9.17, 15) is 4.79 Å². The van der Waals surface area contributed by atoms with Gasteiger partial charge in [0.05, 0.1) is 12.3 Å². The number of aryl methyl sites for hydroxylation is 1. The number of ether oxygens (including phenoxy) is 1. The van der Waals surface area contributed by atoms with Gasteiger partial charge in [-0.05, 0) is 41.5 Å². The fourth-order valence-corrected chi connectivity index (χ4v) is 3.19. The molecule has 3 aromatic rings. The van der Waals surface area contributed by atoms with Crippen molar-refractivity contribution in [2.45, 2.75) is 20.8 Å². The van der Waals surface area contributed by atoms with Crippen molar-refractivity contribution in [2.75, 3.05) is 6.61 Å². The zero-order chi connectivity index (χ0) is 18.7. The van der Waals surface area contributed by atoms with E-state index >= 15 is 0 Å². The number of nitrogens with two attached hydrogens (primary N) is 1. The first-order valence-electron chi connectivity index (χ1n) is 7.88. The Hall–Kier alpha value is -2.85. The first-order valence-corrected chi connectivity index (χ1v) is 8.70. The van der Waals surface area contributed by atoms with E-state index in [1.165, 1.54) is 22.3 Å². The second-order valence-corrected chi connectivity index (χ2v) is 6.98. The van der Waals surface area contributed by atoms with Crippen LogP contribution < -0.4 is 10.6 Å². The van der Waals surface area contributed by atoms with Gasteiger partial charge in [0.25, 0.3) is 0 Å². The minimum Gasteiger partial charge on any atom is -0.491 e. The predicted molar refractivity (Wildman–Crippen MR) is 94.9 cm³/mol. The van der Waals surface area contributed by atoms with Crippen LogP contribution in [0, 0.1) is 12.8 Å². The predicted octanol–water partition coefficient (Wildman–Crippen LogP) is 2.16. The second-order valence-electron chi connectivity index (χ2n) is 5.98. The third-order valence-electron chi connectivity index (χ3n) is 3.46. The van der Waals surface area contributed by atoms with Crippen LogP contribution in [0.2, 0.25) is 0 Å². The van der Waals surface area contributed by atoms with Crippen LogP contribution in [0.25, 0.3) is 16.3 Å². The summed E-state index contributed by atoms with van der Waals surface area (Å²) >= 11 is 1.21. The van der Waals surface area contributed by atoms with Gasteiger partial charge in [-0.25, -0.2) is 9.78 Å². The smallest absolute Gasteiger partial charge is 0.368 e. The average Bonchev–Trinajstić information content (AvgIpc) is 3.29. The van der Waals surface area contributed by atoms with Gasteiger partial charge in [0.1, 0.15) is 27.6 Å². The SMILES string of the molecule is Cc1nc(-c2ccc(OCC(C)C)c(-n3cnnn3)c2)sc1C(=O)ON. The zero-order valence-corrected chi connectivity index (χ0v) is 15.4. The number of hydrogen-bond acceptors (Lipinski definition) is 9. The summed E-state index contributed by atoms with van der Waals surface area (Å²) in [5.41, 5.74) is 2.05. The third kappa shape index (κ3) is 3.70. The molecule has 0 saturated carbocycles. The van der Waals surface area contributed by atoms with E-state index in [0.717, 1.165) is 5.56 Å². The Kier molecular flexibility index (Phi) is 5.24. The van der Waals surface area contributed by atoms with Gasteiger partial charge in [0.15, 0.2) is 0 Å². The minimum atomic E-state index is -0.608. The maximum absolute atomic E-state index is 11.7. The number of rotatable bonds is 6. The van der Waals surface area contributed by atoms with Crippen LogP contribution in [0.4, 0.5) is 0 Å². The fourth-order valence-electron chi connectivity index (χ4n) is 2.24. The quantitative estimate of drug-likeness (QED) is 0.652. The highest BCUT2D eigenvalue weighted by atomic mass is 32.1. The van der Waals surface area contributed by atoms with Crippen molar-refractivity contribution in [1.82, 2.24) is 25.2 Å². The van der Waals surface area contributed by atoms with Crippen molar-refractivity contribution in [3.8, 4) is 22.0 Å². The number of nitrogens with zero attached hydrogens (tertiary/aromatic N) is 5. The van der Waals surface area contributed by atoms with E-state index in [0.29, 0.717) is 39.5 Å².